The molecule has 84 valence electrons. The monoisotopic (exact) mass is 259 g/mol. The van der Waals surface area contributed by atoms with Gasteiger partial charge in [-0.15, -0.1) is 5.10 Å². The molecule has 16 heavy (non-hydrogen) atoms. The lowest BCUT2D eigenvalue weighted by Gasteiger charge is -2.07. The first-order valence-electron chi connectivity index (χ1n) is 4.50. The Kier molecular flexibility index (Phi) is 2.98. The minimum absolute atomic E-state index is 0.139. The van der Waals surface area contributed by atoms with E-state index >= 15 is 0 Å². The maximum absolute atomic E-state index is 11.6. The summed E-state index contributed by atoms with van der Waals surface area (Å²) in [6.45, 7) is 1.97. The number of fused-ring (bicyclic) bond motifs is 1. The van der Waals surface area contributed by atoms with Crippen LogP contribution in [-0.4, -0.2) is 27.4 Å². The quantitative estimate of drug-likeness (QED) is 0.777. The van der Waals surface area contributed by atoms with E-state index in [-0.39, 0.29) is 22.2 Å². The van der Waals surface area contributed by atoms with Gasteiger partial charge >= 0.3 is 5.97 Å². The van der Waals surface area contributed by atoms with Gasteiger partial charge in [0.1, 0.15) is 11.1 Å². The van der Waals surface area contributed by atoms with E-state index in [1.165, 1.54) is 16.9 Å². The molecule has 0 aromatic carbocycles. The number of esters is 1. The molecule has 2 rings (SSSR count). The highest BCUT2D eigenvalue weighted by molar-refractivity contribution is 6.41. The molecule has 0 N–H and O–H groups in total. The molecule has 0 spiro atoms. The Bertz CT molecular complexity index is 553. The lowest BCUT2D eigenvalue weighted by molar-refractivity contribution is 0.0527. The summed E-state index contributed by atoms with van der Waals surface area (Å²) in [5.74, 6) is -0.554. The van der Waals surface area contributed by atoms with Gasteiger partial charge in [0.25, 0.3) is 0 Å². The van der Waals surface area contributed by atoms with E-state index in [9.17, 15) is 4.79 Å². The van der Waals surface area contributed by atoms with Crippen molar-refractivity contribution in [3.63, 3.8) is 0 Å². The molecule has 2 heterocycles. The Morgan fingerprint density at radius 1 is 1.56 bits per heavy atom. The third-order valence-corrected chi connectivity index (χ3v) is 2.64. The van der Waals surface area contributed by atoms with Crippen LogP contribution in [0.4, 0.5) is 0 Å². The van der Waals surface area contributed by atoms with E-state index in [1.807, 2.05) is 0 Å². The van der Waals surface area contributed by atoms with Crippen molar-refractivity contribution in [2.24, 2.45) is 0 Å². The van der Waals surface area contributed by atoms with Gasteiger partial charge in [-0.3, -0.25) is 0 Å². The zero-order chi connectivity index (χ0) is 11.7. The van der Waals surface area contributed by atoms with Crippen molar-refractivity contribution in [2.45, 2.75) is 6.92 Å². The first-order chi connectivity index (χ1) is 7.65. The molecule has 0 amide bonds. The summed E-state index contributed by atoms with van der Waals surface area (Å²) >= 11 is 12.0. The smallest absolute Gasteiger partial charge is 0.341 e. The maximum Gasteiger partial charge on any atom is 0.341 e. The number of nitrogens with zero attached hydrogens (tertiary/aromatic N) is 3. The standard InChI is InChI=1S/C9H7Cl2N3O2/c1-2-16-9(15)7-5(10)4-14-6(8(7)11)3-12-13-14/h3-4H,2H2,1H3. The van der Waals surface area contributed by atoms with Crippen molar-refractivity contribution >= 4 is 34.7 Å². The molecule has 0 saturated carbocycles. The number of halogens is 2. The predicted molar refractivity (Wildman–Crippen MR) is 59.0 cm³/mol. The van der Waals surface area contributed by atoms with Crippen molar-refractivity contribution in [3.8, 4) is 0 Å². The molecule has 7 heteroatoms. The Hall–Kier alpha value is -1.33. The molecule has 0 atom stereocenters. The maximum atomic E-state index is 11.6. The fourth-order valence-corrected chi connectivity index (χ4v) is 1.92. The Morgan fingerprint density at radius 3 is 3.00 bits per heavy atom. The number of pyridine rings is 1. The Morgan fingerprint density at radius 2 is 2.31 bits per heavy atom. The second-order valence-electron chi connectivity index (χ2n) is 2.95. The van der Waals surface area contributed by atoms with Crippen molar-refractivity contribution in [2.75, 3.05) is 6.61 Å². The number of carbonyl (C=O) groups excluding carboxylic acids is 1. The molecular weight excluding hydrogens is 253 g/mol. The summed E-state index contributed by atoms with van der Waals surface area (Å²) in [4.78, 5) is 11.6. The van der Waals surface area contributed by atoms with Crippen LogP contribution in [0.3, 0.4) is 0 Å². The van der Waals surface area contributed by atoms with E-state index in [1.54, 1.807) is 6.92 Å². The van der Waals surface area contributed by atoms with Crippen LogP contribution in [0, 0.1) is 0 Å². The van der Waals surface area contributed by atoms with Crippen LogP contribution in [0.2, 0.25) is 10.0 Å². The summed E-state index contributed by atoms with van der Waals surface area (Å²) in [6, 6.07) is 0. The zero-order valence-corrected chi connectivity index (χ0v) is 9.79. The topological polar surface area (TPSA) is 56.5 Å². The van der Waals surface area contributed by atoms with E-state index in [0.717, 1.165) is 0 Å². The molecule has 0 aliphatic rings. The summed E-state index contributed by atoms with van der Waals surface area (Å²) in [5, 5.41) is 7.77. The molecule has 0 aliphatic carbocycles. The molecule has 0 aliphatic heterocycles. The molecule has 0 saturated heterocycles. The van der Waals surface area contributed by atoms with Crippen molar-refractivity contribution < 1.29 is 9.53 Å². The van der Waals surface area contributed by atoms with Crippen LogP contribution >= 0.6 is 23.2 Å². The van der Waals surface area contributed by atoms with Crippen LogP contribution in [0.5, 0.6) is 0 Å². The van der Waals surface area contributed by atoms with Crippen LogP contribution in [0.25, 0.3) is 5.52 Å². The highest BCUT2D eigenvalue weighted by atomic mass is 35.5. The van der Waals surface area contributed by atoms with E-state index in [0.29, 0.717) is 5.52 Å². The number of aromatic nitrogens is 3. The zero-order valence-electron chi connectivity index (χ0n) is 8.28. The molecule has 0 bridgehead atoms. The largest absolute Gasteiger partial charge is 0.462 e. The molecule has 2 aromatic heterocycles. The van der Waals surface area contributed by atoms with Gasteiger partial charge in [0.05, 0.1) is 29.0 Å². The molecule has 5 nitrogen and oxygen atoms in total. The van der Waals surface area contributed by atoms with Crippen LogP contribution < -0.4 is 0 Å². The Balaban J connectivity index is 2.63. The number of ether oxygens (including phenoxy) is 1. The summed E-state index contributed by atoms with van der Waals surface area (Å²) < 4.78 is 6.25. The minimum Gasteiger partial charge on any atom is -0.462 e. The summed E-state index contributed by atoms with van der Waals surface area (Å²) in [7, 11) is 0. The molecular formula is C9H7Cl2N3O2. The van der Waals surface area contributed by atoms with E-state index in [2.05, 4.69) is 10.3 Å². The van der Waals surface area contributed by atoms with Gasteiger partial charge in [0.15, 0.2) is 0 Å². The SMILES string of the molecule is CCOC(=O)c1c(Cl)cn2nncc2c1Cl. The number of hydrogen-bond acceptors (Lipinski definition) is 4. The first-order valence-corrected chi connectivity index (χ1v) is 5.26. The van der Waals surface area contributed by atoms with Gasteiger partial charge in [0, 0.05) is 0 Å². The predicted octanol–water partition coefficient (Wildman–Crippen LogP) is 2.21. The van der Waals surface area contributed by atoms with Crippen LogP contribution in [0.1, 0.15) is 17.3 Å². The van der Waals surface area contributed by atoms with Crippen LogP contribution in [-0.2, 0) is 4.74 Å². The molecule has 2 aromatic rings. The second kappa shape index (κ2) is 4.27. The highest BCUT2D eigenvalue weighted by Gasteiger charge is 2.19. The highest BCUT2D eigenvalue weighted by Crippen LogP contribution is 2.28. The minimum atomic E-state index is -0.554. The van der Waals surface area contributed by atoms with Gasteiger partial charge < -0.3 is 4.74 Å². The summed E-state index contributed by atoms with van der Waals surface area (Å²) in [5.41, 5.74) is 0.647. The van der Waals surface area contributed by atoms with Gasteiger partial charge in [-0.05, 0) is 6.92 Å². The van der Waals surface area contributed by atoms with Gasteiger partial charge in [-0.2, -0.15) is 0 Å². The van der Waals surface area contributed by atoms with Gasteiger partial charge in [-0.1, -0.05) is 28.4 Å². The van der Waals surface area contributed by atoms with Gasteiger partial charge in [-0.25, -0.2) is 9.31 Å². The lowest BCUT2D eigenvalue weighted by Crippen LogP contribution is -2.07. The van der Waals surface area contributed by atoms with Gasteiger partial charge in [0.2, 0.25) is 0 Å². The average molecular weight is 260 g/mol. The average Bonchev–Trinajstić information content (AvgIpc) is 2.66. The van der Waals surface area contributed by atoms with E-state index in [4.69, 9.17) is 27.9 Å². The fraction of sp³-hybridized carbons (Fsp3) is 0.222. The third-order valence-electron chi connectivity index (χ3n) is 1.97. The van der Waals surface area contributed by atoms with Crippen molar-refractivity contribution in [1.82, 2.24) is 14.8 Å². The third kappa shape index (κ3) is 1.72. The lowest BCUT2D eigenvalue weighted by atomic mass is 10.2. The first kappa shape index (κ1) is 11.2. The number of rotatable bonds is 2. The second-order valence-corrected chi connectivity index (χ2v) is 3.74. The number of carbonyl (C=O) groups is 1. The summed E-state index contributed by atoms with van der Waals surface area (Å²) in [6.07, 6.45) is 2.91. The van der Waals surface area contributed by atoms with Crippen molar-refractivity contribution in [1.29, 1.82) is 0 Å². The normalized spacial score (nSPS) is 10.7. The number of hydrogen-bond donors (Lipinski definition) is 0. The molecule has 0 radical (unpaired) electrons. The van der Waals surface area contributed by atoms with Crippen LogP contribution in [0.15, 0.2) is 12.4 Å². The molecule has 0 unspecified atom stereocenters. The van der Waals surface area contributed by atoms with E-state index < -0.39 is 5.97 Å². The Labute approximate surface area is 101 Å². The van der Waals surface area contributed by atoms with Crippen molar-refractivity contribution in [3.05, 3.63) is 28.0 Å². The fourth-order valence-electron chi connectivity index (χ4n) is 1.29. The molecule has 0 fully saturated rings.